The lowest BCUT2D eigenvalue weighted by atomic mass is 9.91. The molecule has 1 unspecified atom stereocenters. The van der Waals surface area contributed by atoms with Crippen molar-refractivity contribution in [2.75, 3.05) is 6.54 Å². The van der Waals surface area contributed by atoms with Gasteiger partial charge in [-0.3, -0.25) is 9.59 Å². The highest BCUT2D eigenvalue weighted by atomic mass is 16.2. The average Bonchev–Trinajstić information content (AvgIpc) is 3.51. The zero-order valence-corrected chi connectivity index (χ0v) is 15.1. The summed E-state index contributed by atoms with van der Waals surface area (Å²) >= 11 is 0. The van der Waals surface area contributed by atoms with Gasteiger partial charge in [0.25, 0.3) is 0 Å². The Morgan fingerprint density at radius 2 is 1.81 bits per heavy atom. The highest BCUT2D eigenvalue weighted by molar-refractivity contribution is 5.91. The predicted molar refractivity (Wildman–Crippen MR) is 100 cm³/mol. The van der Waals surface area contributed by atoms with E-state index in [1.807, 2.05) is 49.4 Å². The van der Waals surface area contributed by atoms with E-state index < -0.39 is 6.04 Å². The van der Waals surface area contributed by atoms with Crippen molar-refractivity contribution >= 4 is 11.8 Å². The maximum absolute atomic E-state index is 13.1. The van der Waals surface area contributed by atoms with E-state index in [1.165, 1.54) is 11.1 Å². The van der Waals surface area contributed by atoms with Gasteiger partial charge in [0.1, 0.15) is 6.04 Å². The summed E-state index contributed by atoms with van der Waals surface area (Å²) in [5.74, 6) is 0.161. The molecule has 1 atom stereocenters. The van der Waals surface area contributed by atoms with Gasteiger partial charge in [-0.2, -0.15) is 0 Å². The molecule has 0 spiro atoms. The van der Waals surface area contributed by atoms with Crippen LogP contribution in [0.4, 0.5) is 0 Å². The Hall–Kier alpha value is -2.62. The van der Waals surface area contributed by atoms with Gasteiger partial charge in [0.05, 0.1) is 0 Å². The lowest BCUT2D eigenvalue weighted by molar-refractivity contribution is -0.142. The number of hydrogen-bond donors (Lipinski definition) is 1. The first-order valence-corrected chi connectivity index (χ1v) is 9.35. The van der Waals surface area contributed by atoms with E-state index in [9.17, 15) is 9.59 Å². The Morgan fingerprint density at radius 1 is 1.08 bits per heavy atom. The smallest absolute Gasteiger partial charge is 0.247 e. The van der Waals surface area contributed by atoms with Crippen LogP contribution in [0.15, 0.2) is 48.5 Å². The molecule has 26 heavy (non-hydrogen) atoms. The summed E-state index contributed by atoms with van der Waals surface area (Å²) in [7, 11) is 0. The second-order valence-corrected chi connectivity index (χ2v) is 7.36. The van der Waals surface area contributed by atoms with Gasteiger partial charge in [-0.05, 0) is 42.9 Å². The molecule has 2 amide bonds. The highest BCUT2D eigenvalue weighted by Gasteiger charge is 2.41. The maximum atomic E-state index is 13.1. The number of rotatable bonds is 4. The summed E-state index contributed by atoms with van der Waals surface area (Å²) < 4.78 is 0. The minimum absolute atomic E-state index is 0.0910. The van der Waals surface area contributed by atoms with Crippen LogP contribution >= 0.6 is 0 Å². The van der Waals surface area contributed by atoms with Crippen LogP contribution < -0.4 is 5.32 Å². The van der Waals surface area contributed by atoms with E-state index in [1.54, 1.807) is 4.90 Å². The first-order valence-electron chi connectivity index (χ1n) is 9.35. The molecule has 2 aliphatic rings. The minimum Gasteiger partial charge on any atom is -0.350 e. The summed E-state index contributed by atoms with van der Waals surface area (Å²) in [6.45, 7) is 3.14. The van der Waals surface area contributed by atoms with Crippen molar-refractivity contribution in [3.8, 4) is 0 Å². The number of amides is 2. The van der Waals surface area contributed by atoms with Crippen molar-refractivity contribution in [1.29, 1.82) is 0 Å². The summed E-state index contributed by atoms with van der Waals surface area (Å²) in [5.41, 5.74) is 4.40. The van der Waals surface area contributed by atoms with E-state index in [0.29, 0.717) is 13.1 Å². The molecule has 0 aromatic heterocycles. The van der Waals surface area contributed by atoms with Gasteiger partial charge in [0, 0.05) is 19.0 Å². The third-order valence-corrected chi connectivity index (χ3v) is 5.33. The Labute approximate surface area is 154 Å². The molecule has 1 N–H and O–H groups in total. The largest absolute Gasteiger partial charge is 0.350 e. The molecule has 4 nitrogen and oxygen atoms in total. The molecule has 1 saturated carbocycles. The zero-order valence-electron chi connectivity index (χ0n) is 15.1. The zero-order chi connectivity index (χ0) is 18.1. The quantitative estimate of drug-likeness (QED) is 0.923. The fourth-order valence-corrected chi connectivity index (χ4v) is 3.64. The minimum atomic E-state index is -0.515. The van der Waals surface area contributed by atoms with E-state index in [2.05, 4.69) is 11.4 Å². The molecule has 134 valence electrons. The first kappa shape index (κ1) is 16.8. The second kappa shape index (κ2) is 6.94. The number of nitrogens with one attached hydrogen (secondary N) is 1. The fraction of sp³-hybridized carbons (Fsp3) is 0.364. The molecule has 4 heteroatoms. The first-order chi connectivity index (χ1) is 12.6. The Kier molecular flexibility index (Phi) is 4.49. The molecule has 1 aliphatic carbocycles. The molecule has 1 aliphatic heterocycles. The van der Waals surface area contributed by atoms with Gasteiger partial charge in [-0.15, -0.1) is 0 Å². The van der Waals surface area contributed by atoms with Crippen molar-refractivity contribution in [1.82, 2.24) is 10.2 Å². The van der Waals surface area contributed by atoms with Crippen molar-refractivity contribution in [3.63, 3.8) is 0 Å². The lowest BCUT2D eigenvalue weighted by Gasteiger charge is -2.36. The normalized spacial score (nSPS) is 19.0. The van der Waals surface area contributed by atoms with Crippen LogP contribution in [-0.2, 0) is 22.6 Å². The molecule has 0 bridgehead atoms. The Balaban J connectivity index is 1.55. The summed E-state index contributed by atoms with van der Waals surface area (Å²) in [6, 6.07) is 15.6. The van der Waals surface area contributed by atoms with Crippen molar-refractivity contribution < 1.29 is 9.59 Å². The number of hydrogen-bond acceptors (Lipinski definition) is 2. The monoisotopic (exact) mass is 348 g/mol. The van der Waals surface area contributed by atoms with Gasteiger partial charge < -0.3 is 10.2 Å². The van der Waals surface area contributed by atoms with Crippen LogP contribution in [0.3, 0.4) is 0 Å². The molecule has 2 aromatic carbocycles. The van der Waals surface area contributed by atoms with Crippen LogP contribution in [0.2, 0.25) is 0 Å². The number of carbonyl (C=O) groups is 2. The van der Waals surface area contributed by atoms with Crippen LogP contribution in [0, 0.1) is 12.8 Å². The second-order valence-electron chi connectivity index (χ2n) is 7.36. The number of fused-ring (bicyclic) bond motifs is 1. The van der Waals surface area contributed by atoms with Gasteiger partial charge in [-0.1, -0.05) is 54.1 Å². The molecule has 1 fully saturated rings. The summed E-state index contributed by atoms with van der Waals surface area (Å²) in [4.78, 5) is 27.6. The van der Waals surface area contributed by atoms with Crippen LogP contribution in [0.1, 0.15) is 41.1 Å². The number of carbonyl (C=O) groups excluding carboxylic acids is 2. The molecular formula is C22H24N2O2. The molecule has 0 saturated heterocycles. The number of nitrogens with zero attached hydrogens (tertiary/aromatic N) is 1. The molecular weight excluding hydrogens is 324 g/mol. The lowest BCUT2D eigenvalue weighted by Crippen LogP contribution is -2.47. The Morgan fingerprint density at radius 3 is 2.54 bits per heavy atom. The van der Waals surface area contributed by atoms with Gasteiger partial charge in [0.2, 0.25) is 11.8 Å². The maximum Gasteiger partial charge on any atom is 0.247 e. The van der Waals surface area contributed by atoms with Crippen molar-refractivity contribution in [3.05, 3.63) is 70.8 Å². The standard InChI is InChI=1S/C22H24N2O2/c1-15-6-8-16(9-7-15)14-23-21(25)20-19-5-3-2-4-17(19)12-13-24(20)22(26)18-10-11-18/h2-9,18,20H,10-14H2,1H3,(H,23,25). The summed E-state index contributed by atoms with van der Waals surface area (Å²) in [6.07, 6.45) is 2.72. The topological polar surface area (TPSA) is 49.4 Å². The third kappa shape index (κ3) is 3.36. The van der Waals surface area contributed by atoms with Gasteiger partial charge >= 0.3 is 0 Å². The van der Waals surface area contributed by atoms with E-state index in [4.69, 9.17) is 0 Å². The number of aryl methyl sites for hydroxylation is 1. The molecule has 0 radical (unpaired) electrons. The highest BCUT2D eigenvalue weighted by Crippen LogP contribution is 2.37. The molecule has 4 rings (SSSR count). The van der Waals surface area contributed by atoms with Gasteiger partial charge in [-0.25, -0.2) is 0 Å². The molecule has 2 aromatic rings. The third-order valence-electron chi connectivity index (χ3n) is 5.33. The average molecular weight is 348 g/mol. The van der Waals surface area contributed by atoms with Crippen molar-refractivity contribution in [2.24, 2.45) is 5.92 Å². The molecule has 1 heterocycles. The van der Waals surface area contributed by atoms with Crippen LogP contribution in [0.5, 0.6) is 0 Å². The summed E-state index contributed by atoms with van der Waals surface area (Å²) in [5, 5.41) is 3.04. The SMILES string of the molecule is Cc1ccc(CNC(=O)C2c3ccccc3CCN2C(=O)C2CC2)cc1. The van der Waals surface area contributed by atoms with Crippen LogP contribution in [-0.4, -0.2) is 23.3 Å². The number of benzene rings is 2. The van der Waals surface area contributed by atoms with Crippen LogP contribution in [0.25, 0.3) is 0 Å². The Bertz CT molecular complexity index is 824. The predicted octanol–water partition coefficient (Wildman–Crippen LogP) is 3.15. The fourth-order valence-electron chi connectivity index (χ4n) is 3.64. The van der Waals surface area contributed by atoms with Crippen molar-refractivity contribution in [2.45, 2.75) is 38.8 Å². The van der Waals surface area contributed by atoms with Gasteiger partial charge in [0.15, 0.2) is 0 Å². The van der Waals surface area contributed by atoms with E-state index in [-0.39, 0.29) is 17.7 Å². The van der Waals surface area contributed by atoms with E-state index in [0.717, 1.165) is 30.4 Å². The van der Waals surface area contributed by atoms with E-state index >= 15 is 0 Å².